The molecular formula is C19H24N2O4. The quantitative estimate of drug-likeness (QED) is 0.899. The molecule has 1 aromatic carbocycles. The Labute approximate surface area is 147 Å². The van der Waals surface area contributed by atoms with E-state index in [2.05, 4.69) is 18.3 Å². The van der Waals surface area contributed by atoms with Gasteiger partial charge in [-0.05, 0) is 24.1 Å². The Kier molecular flexibility index (Phi) is 5.38. The highest BCUT2D eigenvalue weighted by Crippen LogP contribution is 2.23. The maximum atomic E-state index is 12.3. The molecule has 1 fully saturated rings. The Morgan fingerprint density at radius 3 is 2.96 bits per heavy atom. The number of hydrogen-bond donors (Lipinski definition) is 1. The SMILES string of the molecule is CCc1ccc2occ(CC(=O)NC[C@@H]3CN(C(C)=O)CCO3)c2c1. The molecule has 1 aliphatic rings. The first-order valence-corrected chi connectivity index (χ1v) is 8.69. The second kappa shape index (κ2) is 7.70. The van der Waals surface area contributed by atoms with Crippen LogP contribution in [-0.4, -0.2) is 49.1 Å². The van der Waals surface area contributed by atoms with Crippen molar-refractivity contribution in [3.05, 3.63) is 35.6 Å². The molecule has 2 aromatic rings. The van der Waals surface area contributed by atoms with Crippen molar-refractivity contribution in [2.45, 2.75) is 32.8 Å². The third-order valence-corrected chi connectivity index (χ3v) is 4.59. The van der Waals surface area contributed by atoms with E-state index in [1.54, 1.807) is 18.1 Å². The van der Waals surface area contributed by atoms with E-state index in [0.29, 0.717) is 26.2 Å². The van der Waals surface area contributed by atoms with Crippen LogP contribution in [0.15, 0.2) is 28.9 Å². The number of fused-ring (bicyclic) bond motifs is 1. The van der Waals surface area contributed by atoms with E-state index in [4.69, 9.17) is 9.15 Å². The molecule has 6 heteroatoms. The predicted molar refractivity (Wildman–Crippen MR) is 94.3 cm³/mol. The summed E-state index contributed by atoms with van der Waals surface area (Å²) in [4.78, 5) is 25.5. The molecule has 0 spiro atoms. The number of rotatable bonds is 5. The van der Waals surface area contributed by atoms with Gasteiger partial charge in [-0.1, -0.05) is 13.0 Å². The third-order valence-electron chi connectivity index (χ3n) is 4.59. The van der Waals surface area contributed by atoms with Crippen molar-refractivity contribution in [1.29, 1.82) is 0 Å². The number of nitrogens with one attached hydrogen (secondary N) is 1. The average molecular weight is 344 g/mol. The fourth-order valence-electron chi connectivity index (χ4n) is 3.08. The second-order valence-corrected chi connectivity index (χ2v) is 6.38. The molecule has 134 valence electrons. The lowest BCUT2D eigenvalue weighted by atomic mass is 10.1. The standard InChI is InChI=1S/C19H24N2O4/c1-3-14-4-5-18-17(8-14)15(12-25-18)9-19(23)20-10-16-11-21(13(2)22)6-7-24-16/h4-5,8,12,16H,3,6-7,9-11H2,1-2H3,(H,20,23)/t16-/m1/s1. The minimum atomic E-state index is -0.158. The fourth-order valence-corrected chi connectivity index (χ4v) is 3.08. The van der Waals surface area contributed by atoms with Crippen LogP contribution in [0, 0.1) is 0 Å². The Balaban J connectivity index is 1.57. The zero-order valence-corrected chi connectivity index (χ0v) is 14.7. The average Bonchev–Trinajstić information content (AvgIpc) is 3.02. The number of morpholine rings is 1. The van der Waals surface area contributed by atoms with Crippen LogP contribution in [0.5, 0.6) is 0 Å². The van der Waals surface area contributed by atoms with Gasteiger partial charge in [-0.25, -0.2) is 0 Å². The van der Waals surface area contributed by atoms with Crippen molar-refractivity contribution in [3.8, 4) is 0 Å². The van der Waals surface area contributed by atoms with Gasteiger partial charge in [0.25, 0.3) is 0 Å². The molecule has 0 radical (unpaired) electrons. The number of hydrogen-bond acceptors (Lipinski definition) is 4. The van der Waals surface area contributed by atoms with Gasteiger partial charge in [0.15, 0.2) is 0 Å². The lowest BCUT2D eigenvalue weighted by molar-refractivity contribution is -0.136. The summed E-state index contributed by atoms with van der Waals surface area (Å²) in [5, 5.41) is 3.89. The van der Waals surface area contributed by atoms with Gasteiger partial charge >= 0.3 is 0 Å². The molecule has 1 N–H and O–H groups in total. The molecule has 3 rings (SSSR count). The molecule has 0 aliphatic carbocycles. The smallest absolute Gasteiger partial charge is 0.224 e. The normalized spacial score (nSPS) is 17.7. The topological polar surface area (TPSA) is 71.8 Å². The number of benzene rings is 1. The molecule has 0 bridgehead atoms. The third kappa shape index (κ3) is 4.20. The Morgan fingerprint density at radius 2 is 2.20 bits per heavy atom. The van der Waals surface area contributed by atoms with E-state index >= 15 is 0 Å². The minimum absolute atomic E-state index is 0.0382. The highest BCUT2D eigenvalue weighted by atomic mass is 16.5. The number of carbonyl (C=O) groups excluding carboxylic acids is 2. The van der Waals surface area contributed by atoms with Crippen molar-refractivity contribution in [2.75, 3.05) is 26.2 Å². The molecule has 0 unspecified atom stereocenters. The lowest BCUT2D eigenvalue weighted by Crippen LogP contribution is -2.49. The molecule has 1 aromatic heterocycles. The number of aryl methyl sites for hydroxylation is 1. The van der Waals surface area contributed by atoms with Crippen molar-refractivity contribution < 1.29 is 18.7 Å². The van der Waals surface area contributed by atoms with Crippen LogP contribution in [0.1, 0.15) is 25.0 Å². The summed E-state index contributed by atoms with van der Waals surface area (Å²) in [6.07, 6.45) is 2.70. The van der Waals surface area contributed by atoms with Crippen molar-refractivity contribution in [1.82, 2.24) is 10.2 Å². The van der Waals surface area contributed by atoms with Gasteiger partial charge < -0.3 is 19.4 Å². The van der Waals surface area contributed by atoms with Crippen LogP contribution < -0.4 is 5.32 Å². The van der Waals surface area contributed by atoms with Gasteiger partial charge in [-0.3, -0.25) is 9.59 Å². The number of carbonyl (C=O) groups is 2. The lowest BCUT2D eigenvalue weighted by Gasteiger charge is -2.32. The van der Waals surface area contributed by atoms with Gasteiger partial charge in [0.05, 0.1) is 25.4 Å². The molecule has 1 saturated heterocycles. The number of amides is 2. The van der Waals surface area contributed by atoms with Crippen LogP contribution in [-0.2, 0) is 27.2 Å². The summed E-state index contributed by atoms with van der Waals surface area (Å²) in [7, 11) is 0. The van der Waals surface area contributed by atoms with Gasteiger partial charge in [0, 0.05) is 37.5 Å². The largest absolute Gasteiger partial charge is 0.464 e. The monoisotopic (exact) mass is 344 g/mol. The van der Waals surface area contributed by atoms with E-state index in [-0.39, 0.29) is 24.3 Å². The number of ether oxygens (including phenoxy) is 1. The molecule has 2 amide bonds. The van der Waals surface area contributed by atoms with Crippen LogP contribution >= 0.6 is 0 Å². The van der Waals surface area contributed by atoms with Gasteiger partial charge in [-0.2, -0.15) is 0 Å². The van der Waals surface area contributed by atoms with E-state index in [1.807, 2.05) is 12.1 Å². The summed E-state index contributed by atoms with van der Waals surface area (Å²) in [6.45, 7) is 5.69. The highest BCUT2D eigenvalue weighted by Gasteiger charge is 2.22. The van der Waals surface area contributed by atoms with E-state index in [0.717, 1.165) is 23.0 Å². The summed E-state index contributed by atoms with van der Waals surface area (Å²) in [6, 6.07) is 6.06. The Bertz CT molecular complexity index is 768. The van der Waals surface area contributed by atoms with E-state index in [1.165, 1.54) is 5.56 Å². The maximum Gasteiger partial charge on any atom is 0.224 e. The molecule has 1 aliphatic heterocycles. The Hall–Kier alpha value is -2.34. The molecule has 6 nitrogen and oxygen atoms in total. The summed E-state index contributed by atoms with van der Waals surface area (Å²) >= 11 is 0. The van der Waals surface area contributed by atoms with Crippen LogP contribution in [0.2, 0.25) is 0 Å². The van der Waals surface area contributed by atoms with E-state index in [9.17, 15) is 9.59 Å². The van der Waals surface area contributed by atoms with Gasteiger partial charge in [0.2, 0.25) is 11.8 Å². The Morgan fingerprint density at radius 1 is 1.36 bits per heavy atom. The zero-order valence-electron chi connectivity index (χ0n) is 14.7. The zero-order chi connectivity index (χ0) is 17.8. The predicted octanol–water partition coefficient (Wildman–Crippen LogP) is 1.90. The molecule has 1 atom stereocenters. The summed E-state index contributed by atoms with van der Waals surface area (Å²) < 4.78 is 11.2. The molecule has 25 heavy (non-hydrogen) atoms. The van der Waals surface area contributed by atoms with Gasteiger partial charge in [0.1, 0.15) is 5.58 Å². The van der Waals surface area contributed by atoms with Crippen molar-refractivity contribution >= 4 is 22.8 Å². The highest BCUT2D eigenvalue weighted by molar-refractivity contribution is 5.88. The fraction of sp³-hybridized carbons (Fsp3) is 0.474. The van der Waals surface area contributed by atoms with Crippen molar-refractivity contribution in [2.24, 2.45) is 0 Å². The second-order valence-electron chi connectivity index (χ2n) is 6.38. The van der Waals surface area contributed by atoms with Crippen LogP contribution in [0.3, 0.4) is 0 Å². The molecular weight excluding hydrogens is 320 g/mol. The first-order chi connectivity index (χ1) is 12.1. The minimum Gasteiger partial charge on any atom is -0.464 e. The number of furan rings is 1. The van der Waals surface area contributed by atoms with Crippen LogP contribution in [0.25, 0.3) is 11.0 Å². The van der Waals surface area contributed by atoms with Crippen molar-refractivity contribution in [3.63, 3.8) is 0 Å². The molecule has 0 saturated carbocycles. The summed E-state index contributed by atoms with van der Waals surface area (Å²) in [5.74, 6) is -0.0376. The van der Waals surface area contributed by atoms with E-state index < -0.39 is 0 Å². The first kappa shape index (κ1) is 17.5. The first-order valence-electron chi connectivity index (χ1n) is 8.69. The van der Waals surface area contributed by atoms with Crippen LogP contribution in [0.4, 0.5) is 0 Å². The molecule has 2 heterocycles. The number of nitrogens with zero attached hydrogens (tertiary/aromatic N) is 1. The van der Waals surface area contributed by atoms with Gasteiger partial charge in [-0.15, -0.1) is 0 Å². The summed E-state index contributed by atoms with van der Waals surface area (Å²) in [5.41, 5.74) is 2.90. The maximum absolute atomic E-state index is 12.3.